The number of aromatic nitrogens is 2. The summed E-state index contributed by atoms with van der Waals surface area (Å²) in [6.07, 6.45) is 4.34. The second-order valence-electron chi connectivity index (χ2n) is 8.01. The minimum atomic E-state index is 0.278. The van der Waals surface area contributed by atoms with Gasteiger partial charge in [0.25, 0.3) is 0 Å². The number of fused-ring (bicyclic) bond motifs is 1. The molecule has 0 spiro atoms. The van der Waals surface area contributed by atoms with Gasteiger partial charge in [-0.25, -0.2) is 0 Å². The number of ether oxygens (including phenoxy) is 3. The lowest BCUT2D eigenvalue weighted by Gasteiger charge is -2.31. The predicted molar refractivity (Wildman–Crippen MR) is 115 cm³/mol. The van der Waals surface area contributed by atoms with Gasteiger partial charge in [0, 0.05) is 43.1 Å². The quantitative estimate of drug-likeness (QED) is 0.622. The Morgan fingerprint density at radius 2 is 1.83 bits per heavy atom. The van der Waals surface area contributed by atoms with Crippen molar-refractivity contribution < 1.29 is 14.2 Å². The summed E-state index contributed by atoms with van der Waals surface area (Å²) in [6, 6.07) is 17.1. The molecule has 0 N–H and O–H groups in total. The van der Waals surface area contributed by atoms with Crippen LogP contribution < -0.4 is 9.47 Å². The van der Waals surface area contributed by atoms with E-state index in [4.69, 9.17) is 19.3 Å². The summed E-state index contributed by atoms with van der Waals surface area (Å²) in [5.74, 6) is 1.58. The number of hydrogen-bond acceptors (Lipinski definition) is 5. The van der Waals surface area contributed by atoms with Gasteiger partial charge in [-0.1, -0.05) is 30.3 Å². The van der Waals surface area contributed by atoms with Crippen LogP contribution in [0.25, 0.3) is 11.3 Å². The van der Waals surface area contributed by atoms with Gasteiger partial charge in [-0.15, -0.1) is 0 Å². The van der Waals surface area contributed by atoms with E-state index >= 15 is 0 Å². The molecule has 3 aromatic rings. The first-order valence-electron chi connectivity index (χ1n) is 10.5. The van der Waals surface area contributed by atoms with E-state index in [9.17, 15) is 0 Å². The van der Waals surface area contributed by atoms with Gasteiger partial charge in [-0.05, 0) is 43.7 Å². The maximum Gasteiger partial charge on any atom is 0.231 e. The molecule has 0 unspecified atom stereocenters. The third-order valence-corrected chi connectivity index (χ3v) is 5.90. The zero-order valence-corrected chi connectivity index (χ0v) is 17.3. The molecule has 0 bridgehead atoms. The Bertz CT molecular complexity index is 996. The number of benzene rings is 2. The molecule has 6 heteroatoms. The monoisotopic (exact) mass is 405 g/mol. The Labute approximate surface area is 177 Å². The van der Waals surface area contributed by atoms with Crippen LogP contribution in [0.5, 0.6) is 11.5 Å². The van der Waals surface area contributed by atoms with Crippen LogP contribution in [0.2, 0.25) is 0 Å². The third kappa shape index (κ3) is 4.06. The first-order chi connectivity index (χ1) is 14.8. The maximum absolute atomic E-state index is 5.60. The molecule has 156 valence electrons. The van der Waals surface area contributed by atoms with E-state index in [0.29, 0.717) is 6.04 Å². The number of rotatable bonds is 6. The zero-order chi connectivity index (χ0) is 20.3. The van der Waals surface area contributed by atoms with Gasteiger partial charge >= 0.3 is 0 Å². The van der Waals surface area contributed by atoms with Crippen LogP contribution in [0.15, 0.2) is 54.7 Å². The standard InChI is InChI=1S/C24H27N3O3/c1-26(21-9-11-28-12-10-21)15-20-16-27(14-18-5-3-2-4-6-18)25-24(20)19-7-8-22-23(13-19)30-17-29-22/h2-8,13,16,21H,9-12,14-15,17H2,1H3. The SMILES string of the molecule is CN(Cc1cn(Cc2ccccc2)nc1-c1ccc2c(c1)OCO2)C1CCOCC1. The lowest BCUT2D eigenvalue weighted by Crippen LogP contribution is -2.36. The Morgan fingerprint density at radius 1 is 1.03 bits per heavy atom. The molecule has 1 fully saturated rings. The Balaban J connectivity index is 1.45. The Hall–Kier alpha value is -2.83. The molecule has 0 aliphatic carbocycles. The van der Waals surface area contributed by atoms with Crippen molar-refractivity contribution in [1.29, 1.82) is 0 Å². The highest BCUT2D eigenvalue weighted by atomic mass is 16.7. The largest absolute Gasteiger partial charge is 0.454 e. The summed E-state index contributed by atoms with van der Waals surface area (Å²) in [4.78, 5) is 2.43. The Morgan fingerprint density at radius 3 is 2.67 bits per heavy atom. The summed E-state index contributed by atoms with van der Waals surface area (Å²) in [5.41, 5.74) is 4.52. The average Bonchev–Trinajstić information content (AvgIpc) is 3.41. The topological polar surface area (TPSA) is 48.8 Å². The molecule has 2 aliphatic heterocycles. The highest BCUT2D eigenvalue weighted by Gasteiger charge is 2.22. The van der Waals surface area contributed by atoms with Crippen molar-refractivity contribution in [2.24, 2.45) is 0 Å². The van der Waals surface area contributed by atoms with Crippen molar-refractivity contribution in [1.82, 2.24) is 14.7 Å². The van der Waals surface area contributed by atoms with Crippen LogP contribution >= 0.6 is 0 Å². The molecule has 6 nitrogen and oxygen atoms in total. The highest BCUT2D eigenvalue weighted by molar-refractivity contribution is 5.67. The Kier molecular flexibility index (Phi) is 5.43. The van der Waals surface area contributed by atoms with Gasteiger partial charge in [0.1, 0.15) is 0 Å². The van der Waals surface area contributed by atoms with Gasteiger partial charge in [0.15, 0.2) is 11.5 Å². The molecule has 5 rings (SSSR count). The van der Waals surface area contributed by atoms with Crippen LogP contribution in [0.1, 0.15) is 24.0 Å². The van der Waals surface area contributed by atoms with E-state index in [-0.39, 0.29) is 6.79 Å². The van der Waals surface area contributed by atoms with E-state index in [1.165, 1.54) is 11.1 Å². The molecule has 0 radical (unpaired) electrons. The molecular weight excluding hydrogens is 378 g/mol. The molecule has 30 heavy (non-hydrogen) atoms. The van der Waals surface area contributed by atoms with Gasteiger partial charge in [-0.3, -0.25) is 9.58 Å². The molecular formula is C24H27N3O3. The minimum absolute atomic E-state index is 0.278. The molecule has 0 atom stereocenters. The average molecular weight is 405 g/mol. The second kappa shape index (κ2) is 8.50. The third-order valence-electron chi connectivity index (χ3n) is 5.90. The number of nitrogens with zero attached hydrogens (tertiary/aromatic N) is 3. The van der Waals surface area contributed by atoms with Gasteiger partial charge in [0.2, 0.25) is 6.79 Å². The van der Waals surface area contributed by atoms with E-state index in [1.807, 2.05) is 22.9 Å². The molecule has 0 saturated carbocycles. The summed E-state index contributed by atoms with van der Waals surface area (Å²) in [7, 11) is 2.20. The lowest BCUT2D eigenvalue weighted by molar-refractivity contribution is 0.0407. The van der Waals surface area contributed by atoms with Crippen molar-refractivity contribution in [3.05, 3.63) is 65.9 Å². The normalized spacial score (nSPS) is 16.3. The molecule has 3 heterocycles. The fourth-order valence-corrected chi connectivity index (χ4v) is 4.24. The minimum Gasteiger partial charge on any atom is -0.454 e. The smallest absolute Gasteiger partial charge is 0.231 e. The van der Waals surface area contributed by atoms with Crippen LogP contribution in [-0.2, 0) is 17.8 Å². The fraction of sp³-hybridized carbons (Fsp3) is 0.375. The predicted octanol–water partition coefficient (Wildman–Crippen LogP) is 3.94. The summed E-state index contributed by atoms with van der Waals surface area (Å²) in [6.45, 7) is 3.57. The van der Waals surface area contributed by atoms with Crippen molar-refractivity contribution in [3.63, 3.8) is 0 Å². The molecule has 0 amide bonds. The van der Waals surface area contributed by atoms with Crippen LogP contribution in [-0.4, -0.2) is 47.8 Å². The van der Waals surface area contributed by atoms with Crippen molar-refractivity contribution >= 4 is 0 Å². The number of hydrogen-bond donors (Lipinski definition) is 0. The summed E-state index contributed by atoms with van der Waals surface area (Å²) in [5, 5.41) is 4.97. The van der Waals surface area contributed by atoms with E-state index in [2.05, 4.69) is 48.5 Å². The lowest BCUT2D eigenvalue weighted by atomic mass is 10.0. The summed E-state index contributed by atoms with van der Waals surface area (Å²) < 4.78 is 18.7. The first kappa shape index (κ1) is 19.2. The fourth-order valence-electron chi connectivity index (χ4n) is 4.24. The zero-order valence-electron chi connectivity index (χ0n) is 17.3. The van der Waals surface area contributed by atoms with Gasteiger partial charge < -0.3 is 14.2 Å². The van der Waals surface area contributed by atoms with Crippen LogP contribution in [0.4, 0.5) is 0 Å². The van der Waals surface area contributed by atoms with Crippen molar-refractivity contribution in [2.75, 3.05) is 27.1 Å². The van der Waals surface area contributed by atoms with Crippen molar-refractivity contribution in [2.45, 2.75) is 32.0 Å². The van der Waals surface area contributed by atoms with E-state index < -0.39 is 0 Å². The summed E-state index contributed by atoms with van der Waals surface area (Å²) >= 11 is 0. The molecule has 1 saturated heterocycles. The highest BCUT2D eigenvalue weighted by Crippen LogP contribution is 2.36. The van der Waals surface area contributed by atoms with Crippen molar-refractivity contribution in [3.8, 4) is 22.8 Å². The molecule has 2 aromatic carbocycles. The molecule has 1 aromatic heterocycles. The molecule has 2 aliphatic rings. The van der Waals surface area contributed by atoms with Gasteiger partial charge in [0.05, 0.1) is 12.2 Å². The van der Waals surface area contributed by atoms with Crippen LogP contribution in [0, 0.1) is 0 Å². The first-order valence-corrected chi connectivity index (χ1v) is 10.5. The van der Waals surface area contributed by atoms with E-state index in [0.717, 1.165) is 61.9 Å². The maximum atomic E-state index is 5.60. The van der Waals surface area contributed by atoms with E-state index in [1.54, 1.807) is 0 Å². The van der Waals surface area contributed by atoms with Crippen LogP contribution in [0.3, 0.4) is 0 Å². The second-order valence-corrected chi connectivity index (χ2v) is 8.01. The van der Waals surface area contributed by atoms with Gasteiger partial charge in [-0.2, -0.15) is 5.10 Å².